The number of anilines is 1. The zero-order valence-electron chi connectivity index (χ0n) is 10.8. The van der Waals surface area contributed by atoms with E-state index in [2.05, 4.69) is 15.5 Å². The second-order valence-electron chi connectivity index (χ2n) is 4.40. The van der Waals surface area contributed by atoms with Gasteiger partial charge in [-0.05, 0) is 18.2 Å². The number of nitrogens with two attached hydrogens (primary N) is 1. The van der Waals surface area contributed by atoms with Crippen LogP contribution in [0.15, 0.2) is 22.6 Å². The molecular formula is C13H14N4O3. The molecule has 1 amide bonds. The third kappa shape index (κ3) is 2.48. The molecule has 1 aromatic heterocycles. The number of nitrogens with zero attached hydrogens (tertiary/aromatic N) is 2. The Kier molecular flexibility index (Phi) is 3.34. The standard InChI is InChI=1S/C13H14N4O3/c14-5-3-12-16-17-13(20-12)8-1-2-10-9(7-8)15-11(18)4-6-19-10/h1-2,7H,3-6,14H2,(H,15,18). The molecule has 7 heteroatoms. The first-order valence-electron chi connectivity index (χ1n) is 6.36. The number of aromatic nitrogens is 2. The van der Waals surface area contributed by atoms with Gasteiger partial charge in [-0.25, -0.2) is 0 Å². The minimum Gasteiger partial charge on any atom is -0.491 e. The van der Waals surface area contributed by atoms with Crippen molar-refractivity contribution < 1.29 is 13.9 Å². The first-order chi connectivity index (χ1) is 9.76. The molecule has 104 valence electrons. The van der Waals surface area contributed by atoms with Crippen molar-refractivity contribution in [1.29, 1.82) is 0 Å². The zero-order valence-corrected chi connectivity index (χ0v) is 10.8. The van der Waals surface area contributed by atoms with E-state index in [1.807, 2.05) is 6.07 Å². The Morgan fingerprint density at radius 2 is 2.25 bits per heavy atom. The van der Waals surface area contributed by atoms with Crippen LogP contribution in [0.5, 0.6) is 5.75 Å². The number of carbonyl (C=O) groups is 1. The minimum absolute atomic E-state index is 0.0738. The van der Waals surface area contributed by atoms with Crippen molar-refractivity contribution in [2.24, 2.45) is 5.73 Å². The van der Waals surface area contributed by atoms with Crippen molar-refractivity contribution in [1.82, 2.24) is 10.2 Å². The summed E-state index contributed by atoms with van der Waals surface area (Å²) in [6.45, 7) is 0.828. The molecule has 2 aromatic rings. The van der Waals surface area contributed by atoms with Gasteiger partial charge in [-0.2, -0.15) is 0 Å². The Labute approximate surface area is 115 Å². The Morgan fingerprint density at radius 3 is 3.10 bits per heavy atom. The average molecular weight is 274 g/mol. The SMILES string of the molecule is NCCc1nnc(-c2ccc3c(c2)NC(=O)CCO3)o1. The summed E-state index contributed by atoms with van der Waals surface area (Å²) in [7, 11) is 0. The number of rotatable bonds is 3. The highest BCUT2D eigenvalue weighted by molar-refractivity contribution is 5.93. The average Bonchev–Trinajstić information content (AvgIpc) is 2.81. The summed E-state index contributed by atoms with van der Waals surface area (Å²) < 4.78 is 11.0. The van der Waals surface area contributed by atoms with Crippen molar-refractivity contribution in [3.63, 3.8) is 0 Å². The van der Waals surface area contributed by atoms with Crippen LogP contribution in [0.25, 0.3) is 11.5 Å². The fourth-order valence-electron chi connectivity index (χ4n) is 1.95. The fraction of sp³-hybridized carbons (Fsp3) is 0.308. The van der Waals surface area contributed by atoms with E-state index >= 15 is 0 Å². The van der Waals surface area contributed by atoms with E-state index in [9.17, 15) is 4.79 Å². The fourth-order valence-corrected chi connectivity index (χ4v) is 1.95. The van der Waals surface area contributed by atoms with Gasteiger partial charge in [-0.1, -0.05) is 0 Å². The molecule has 0 radical (unpaired) electrons. The van der Waals surface area contributed by atoms with Crippen LogP contribution in [-0.2, 0) is 11.2 Å². The van der Waals surface area contributed by atoms with Crippen molar-refractivity contribution in [3.05, 3.63) is 24.1 Å². The largest absolute Gasteiger partial charge is 0.491 e. The molecule has 3 rings (SSSR count). The van der Waals surface area contributed by atoms with Gasteiger partial charge in [-0.3, -0.25) is 4.79 Å². The van der Waals surface area contributed by atoms with Crippen LogP contribution >= 0.6 is 0 Å². The van der Waals surface area contributed by atoms with Crippen LogP contribution in [0.3, 0.4) is 0 Å². The highest BCUT2D eigenvalue weighted by atomic mass is 16.5. The Balaban J connectivity index is 1.92. The number of nitrogens with one attached hydrogen (secondary N) is 1. The lowest BCUT2D eigenvalue weighted by molar-refractivity contribution is -0.116. The Morgan fingerprint density at radius 1 is 1.35 bits per heavy atom. The summed E-state index contributed by atoms with van der Waals surface area (Å²) >= 11 is 0. The molecule has 0 fully saturated rings. The van der Waals surface area contributed by atoms with E-state index < -0.39 is 0 Å². The lowest BCUT2D eigenvalue weighted by Gasteiger charge is -2.07. The molecule has 1 aliphatic heterocycles. The number of fused-ring (bicyclic) bond motifs is 1. The minimum atomic E-state index is -0.0738. The first kappa shape index (κ1) is 12.6. The topological polar surface area (TPSA) is 103 Å². The highest BCUT2D eigenvalue weighted by Gasteiger charge is 2.16. The van der Waals surface area contributed by atoms with E-state index in [0.29, 0.717) is 49.2 Å². The van der Waals surface area contributed by atoms with Crippen molar-refractivity contribution in [2.45, 2.75) is 12.8 Å². The maximum atomic E-state index is 11.5. The van der Waals surface area contributed by atoms with E-state index in [1.54, 1.807) is 12.1 Å². The van der Waals surface area contributed by atoms with Crippen molar-refractivity contribution in [2.75, 3.05) is 18.5 Å². The molecule has 20 heavy (non-hydrogen) atoms. The van der Waals surface area contributed by atoms with Gasteiger partial charge in [-0.15, -0.1) is 10.2 Å². The molecule has 2 heterocycles. The summed E-state index contributed by atoms with van der Waals surface area (Å²) in [5.74, 6) is 1.46. The van der Waals surface area contributed by atoms with Gasteiger partial charge in [0.25, 0.3) is 0 Å². The molecule has 1 aromatic carbocycles. The summed E-state index contributed by atoms with van der Waals surface area (Å²) in [6.07, 6.45) is 0.878. The van der Waals surface area contributed by atoms with Crippen molar-refractivity contribution in [3.8, 4) is 17.2 Å². The third-order valence-corrected chi connectivity index (χ3v) is 2.91. The van der Waals surface area contributed by atoms with Gasteiger partial charge in [0.2, 0.25) is 17.7 Å². The smallest absolute Gasteiger partial charge is 0.247 e. The van der Waals surface area contributed by atoms with Crippen LogP contribution in [0.2, 0.25) is 0 Å². The molecule has 0 saturated carbocycles. The van der Waals surface area contributed by atoms with Gasteiger partial charge < -0.3 is 20.2 Å². The van der Waals surface area contributed by atoms with Gasteiger partial charge in [0.05, 0.1) is 18.7 Å². The summed E-state index contributed by atoms with van der Waals surface area (Å²) in [5.41, 5.74) is 6.78. The normalized spacial score (nSPS) is 14.2. The number of ether oxygens (including phenoxy) is 1. The number of hydrogen-bond donors (Lipinski definition) is 2. The van der Waals surface area contributed by atoms with Gasteiger partial charge in [0.15, 0.2) is 0 Å². The highest BCUT2D eigenvalue weighted by Crippen LogP contribution is 2.31. The van der Waals surface area contributed by atoms with Crippen LogP contribution in [-0.4, -0.2) is 29.3 Å². The van der Waals surface area contributed by atoms with Gasteiger partial charge >= 0.3 is 0 Å². The number of amides is 1. The Bertz CT molecular complexity index is 638. The van der Waals surface area contributed by atoms with E-state index in [-0.39, 0.29) is 5.91 Å². The summed E-state index contributed by atoms with van der Waals surface area (Å²) in [5, 5.41) is 10.7. The number of hydrogen-bond acceptors (Lipinski definition) is 6. The van der Waals surface area contributed by atoms with Crippen LogP contribution in [0.1, 0.15) is 12.3 Å². The second-order valence-corrected chi connectivity index (χ2v) is 4.40. The molecule has 0 atom stereocenters. The molecule has 0 unspecified atom stereocenters. The molecule has 0 bridgehead atoms. The maximum absolute atomic E-state index is 11.5. The van der Waals surface area contributed by atoms with Crippen LogP contribution in [0, 0.1) is 0 Å². The van der Waals surface area contributed by atoms with Gasteiger partial charge in [0.1, 0.15) is 5.75 Å². The van der Waals surface area contributed by atoms with Gasteiger partial charge in [0, 0.05) is 18.5 Å². The number of benzene rings is 1. The van der Waals surface area contributed by atoms with E-state index in [1.165, 1.54) is 0 Å². The number of carbonyl (C=O) groups excluding carboxylic acids is 1. The molecular weight excluding hydrogens is 260 g/mol. The first-order valence-corrected chi connectivity index (χ1v) is 6.36. The monoisotopic (exact) mass is 274 g/mol. The summed E-state index contributed by atoms with van der Waals surface area (Å²) in [4.78, 5) is 11.5. The second kappa shape index (κ2) is 5.30. The molecule has 0 saturated heterocycles. The zero-order chi connectivity index (χ0) is 13.9. The molecule has 1 aliphatic rings. The summed E-state index contributed by atoms with van der Waals surface area (Å²) in [6, 6.07) is 5.36. The maximum Gasteiger partial charge on any atom is 0.247 e. The predicted molar refractivity (Wildman–Crippen MR) is 71.2 cm³/mol. The molecule has 0 spiro atoms. The Hall–Kier alpha value is -2.41. The van der Waals surface area contributed by atoms with E-state index in [4.69, 9.17) is 14.9 Å². The quantitative estimate of drug-likeness (QED) is 0.864. The van der Waals surface area contributed by atoms with E-state index in [0.717, 1.165) is 5.56 Å². The molecule has 3 N–H and O–H groups in total. The van der Waals surface area contributed by atoms with Crippen LogP contribution < -0.4 is 15.8 Å². The lowest BCUT2D eigenvalue weighted by atomic mass is 10.2. The predicted octanol–water partition coefficient (Wildman–Crippen LogP) is 0.959. The molecule has 7 nitrogen and oxygen atoms in total. The lowest BCUT2D eigenvalue weighted by Crippen LogP contribution is -2.10. The van der Waals surface area contributed by atoms with Crippen molar-refractivity contribution >= 4 is 11.6 Å². The molecule has 0 aliphatic carbocycles. The third-order valence-electron chi connectivity index (χ3n) is 2.91. The van der Waals surface area contributed by atoms with Crippen LogP contribution in [0.4, 0.5) is 5.69 Å².